The summed E-state index contributed by atoms with van der Waals surface area (Å²) in [6.45, 7) is 2.74. The van der Waals surface area contributed by atoms with E-state index >= 15 is 0 Å². The summed E-state index contributed by atoms with van der Waals surface area (Å²) >= 11 is 0. The fourth-order valence-electron chi connectivity index (χ4n) is 3.76. The SMILES string of the molecule is C=C(/C(F)=C\C=C/CF)c1nc(C(=O)Nc2cnccc2[C@@H]2CCC[C@H](N)C2)ccc1F. The molecule has 3 N–H and O–H groups in total. The van der Waals surface area contributed by atoms with Crippen molar-refractivity contribution in [2.24, 2.45) is 5.73 Å². The number of amides is 1. The van der Waals surface area contributed by atoms with Crippen LogP contribution >= 0.6 is 0 Å². The minimum Gasteiger partial charge on any atom is -0.328 e. The molecule has 3 rings (SSSR count). The Labute approximate surface area is 185 Å². The molecule has 0 radical (unpaired) electrons. The lowest BCUT2D eigenvalue weighted by atomic mass is 9.81. The second kappa shape index (κ2) is 10.9. The van der Waals surface area contributed by atoms with Crippen LogP contribution in [0.25, 0.3) is 5.57 Å². The first-order chi connectivity index (χ1) is 15.4. The van der Waals surface area contributed by atoms with Crippen LogP contribution < -0.4 is 11.1 Å². The highest BCUT2D eigenvalue weighted by Crippen LogP contribution is 2.35. The minimum absolute atomic E-state index is 0.107. The highest BCUT2D eigenvalue weighted by Gasteiger charge is 2.24. The molecule has 0 unspecified atom stereocenters. The molecule has 0 saturated heterocycles. The number of nitrogens with zero attached hydrogens (tertiary/aromatic N) is 2. The lowest BCUT2D eigenvalue weighted by molar-refractivity contribution is 0.102. The summed E-state index contributed by atoms with van der Waals surface area (Å²) in [6, 6.07) is 4.20. The molecule has 8 heteroatoms. The van der Waals surface area contributed by atoms with Crippen LogP contribution in [0.15, 0.2) is 61.2 Å². The van der Waals surface area contributed by atoms with Gasteiger partial charge in [0.15, 0.2) is 0 Å². The molecule has 1 aliphatic rings. The van der Waals surface area contributed by atoms with E-state index in [1.807, 2.05) is 6.07 Å². The fraction of sp³-hybridized carbons (Fsp3) is 0.292. The maximum Gasteiger partial charge on any atom is 0.274 e. The molecule has 1 aliphatic carbocycles. The van der Waals surface area contributed by atoms with Crippen molar-refractivity contribution in [1.29, 1.82) is 0 Å². The van der Waals surface area contributed by atoms with E-state index in [9.17, 15) is 18.0 Å². The molecular weight excluding hydrogens is 417 g/mol. The molecule has 2 aromatic heterocycles. The second-order valence-electron chi connectivity index (χ2n) is 7.64. The van der Waals surface area contributed by atoms with Crippen molar-refractivity contribution in [2.45, 2.75) is 37.6 Å². The van der Waals surface area contributed by atoms with Crippen molar-refractivity contribution in [3.8, 4) is 0 Å². The first-order valence-corrected chi connectivity index (χ1v) is 10.4. The zero-order valence-corrected chi connectivity index (χ0v) is 17.5. The molecule has 168 valence electrons. The zero-order chi connectivity index (χ0) is 23.1. The van der Waals surface area contributed by atoms with Gasteiger partial charge in [-0.1, -0.05) is 25.2 Å². The maximum absolute atomic E-state index is 14.3. The van der Waals surface area contributed by atoms with Crippen molar-refractivity contribution in [2.75, 3.05) is 12.0 Å². The molecule has 0 aromatic carbocycles. The van der Waals surface area contributed by atoms with Crippen molar-refractivity contribution < 1.29 is 18.0 Å². The molecule has 1 fully saturated rings. The van der Waals surface area contributed by atoms with Gasteiger partial charge in [0, 0.05) is 17.8 Å². The summed E-state index contributed by atoms with van der Waals surface area (Å²) in [7, 11) is 0. The average molecular weight is 442 g/mol. The standard InChI is InChI=1S/C24H25F3N4O/c1-15(19(26)7-2-3-11-25)23-20(27)8-9-21(30-23)24(32)31-22-14-29-12-10-18(22)16-5-4-6-17(28)13-16/h2-3,7-10,12,14,16-17H,1,4-6,11,13,28H2,(H,31,32)/b3-2-,19-7+/t16-,17+/m1/s1. The number of alkyl halides is 1. The van der Waals surface area contributed by atoms with Gasteiger partial charge in [-0.05, 0) is 55.0 Å². The highest BCUT2D eigenvalue weighted by atomic mass is 19.1. The van der Waals surface area contributed by atoms with E-state index in [0.717, 1.165) is 55.5 Å². The Morgan fingerprint density at radius 2 is 2.12 bits per heavy atom. The number of hydrogen-bond donors (Lipinski definition) is 2. The molecule has 0 spiro atoms. The third-order valence-electron chi connectivity index (χ3n) is 5.38. The van der Waals surface area contributed by atoms with Crippen LogP contribution in [0.1, 0.15) is 53.3 Å². The van der Waals surface area contributed by atoms with Crippen LogP contribution in [0.3, 0.4) is 0 Å². The first-order valence-electron chi connectivity index (χ1n) is 10.4. The Bertz CT molecular complexity index is 1050. The van der Waals surface area contributed by atoms with Gasteiger partial charge in [-0.25, -0.2) is 18.2 Å². The number of hydrogen-bond acceptors (Lipinski definition) is 4. The summed E-state index contributed by atoms with van der Waals surface area (Å²) in [6.07, 6.45) is 10.2. The van der Waals surface area contributed by atoms with E-state index in [-0.39, 0.29) is 23.2 Å². The molecule has 1 saturated carbocycles. The number of carbonyl (C=O) groups excluding carboxylic acids is 1. The van der Waals surface area contributed by atoms with Gasteiger partial charge < -0.3 is 11.1 Å². The van der Waals surface area contributed by atoms with Gasteiger partial charge in [0.05, 0.1) is 11.9 Å². The summed E-state index contributed by atoms with van der Waals surface area (Å²) in [5.41, 5.74) is 6.73. The van der Waals surface area contributed by atoms with E-state index in [2.05, 4.69) is 21.9 Å². The van der Waals surface area contributed by atoms with E-state index in [1.54, 1.807) is 12.4 Å². The monoisotopic (exact) mass is 442 g/mol. The van der Waals surface area contributed by atoms with Gasteiger partial charge in [0.2, 0.25) is 0 Å². The summed E-state index contributed by atoms with van der Waals surface area (Å²) in [4.78, 5) is 20.9. The van der Waals surface area contributed by atoms with E-state index < -0.39 is 29.9 Å². The van der Waals surface area contributed by atoms with Crippen LogP contribution in [0, 0.1) is 5.82 Å². The number of nitrogens with one attached hydrogen (secondary N) is 1. The van der Waals surface area contributed by atoms with Crippen molar-refractivity contribution >= 4 is 17.2 Å². The Morgan fingerprint density at radius 3 is 2.88 bits per heavy atom. The molecule has 2 atom stereocenters. The lowest BCUT2D eigenvalue weighted by Crippen LogP contribution is -2.27. The quantitative estimate of drug-likeness (QED) is 0.574. The van der Waals surface area contributed by atoms with Gasteiger partial charge in [0.25, 0.3) is 5.91 Å². The van der Waals surface area contributed by atoms with Crippen LogP contribution in [0.4, 0.5) is 18.9 Å². The molecule has 2 heterocycles. The van der Waals surface area contributed by atoms with E-state index in [4.69, 9.17) is 5.73 Å². The fourth-order valence-corrected chi connectivity index (χ4v) is 3.76. The molecule has 2 aromatic rings. The molecule has 5 nitrogen and oxygen atoms in total. The topological polar surface area (TPSA) is 80.9 Å². The number of anilines is 1. The number of carbonyl (C=O) groups is 1. The number of nitrogens with two attached hydrogens (primary N) is 1. The summed E-state index contributed by atoms with van der Waals surface area (Å²) in [5.74, 6) is -2.11. The van der Waals surface area contributed by atoms with Crippen LogP contribution in [0.2, 0.25) is 0 Å². The van der Waals surface area contributed by atoms with Crippen molar-refractivity contribution in [3.63, 3.8) is 0 Å². The van der Waals surface area contributed by atoms with E-state index in [1.165, 1.54) is 6.07 Å². The number of aromatic nitrogens is 2. The van der Waals surface area contributed by atoms with Gasteiger partial charge in [-0.15, -0.1) is 0 Å². The summed E-state index contributed by atoms with van der Waals surface area (Å²) < 4.78 is 40.6. The van der Waals surface area contributed by atoms with Crippen LogP contribution in [-0.2, 0) is 0 Å². The first kappa shape index (κ1) is 23.4. The molecular formula is C24H25F3N4O. The normalized spacial score (nSPS) is 19.2. The van der Waals surface area contributed by atoms with Crippen molar-refractivity contribution in [1.82, 2.24) is 9.97 Å². The number of pyridine rings is 2. The third kappa shape index (κ3) is 5.70. The second-order valence-corrected chi connectivity index (χ2v) is 7.64. The smallest absolute Gasteiger partial charge is 0.274 e. The Kier molecular flexibility index (Phi) is 7.94. The predicted molar refractivity (Wildman–Crippen MR) is 119 cm³/mol. The van der Waals surface area contributed by atoms with Gasteiger partial charge in [-0.2, -0.15) is 0 Å². The molecule has 0 bridgehead atoms. The average Bonchev–Trinajstić information content (AvgIpc) is 2.79. The van der Waals surface area contributed by atoms with Gasteiger partial charge in [0.1, 0.15) is 29.7 Å². The number of rotatable bonds is 7. The van der Waals surface area contributed by atoms with E-state index in [0.29, 0.717) is 5.69 Å². The summed E-state index contributed by atoms with van der Waals surface area (Å²) in [5, 5.41) is 2.78. The maximum atomic E-state index is 14.3. The van der Waals surface area contributed by atoms with Crippen molar-refractivity contribution in [3.05, 3.63) is 84.0 Å². The Balaban J connectivity index is 1.83. The lowest BCUT2D eigenvalue weighted by Gasteiger charge is -2.28. The van der Waals surface area contributed by atoms with Gasteiger partial charge in [-0.3, -0.25) is 9.78 Å². The molecule has 0 aliphatic heterocycles. The Hall–Kier alpha value is -3.26. The van der Waals surface area contributed by atoms with Crippen LogP contribution in [0.5, 0.6) is 0 Å². The molecule has 32 heavy (non-hydrogen) atoms. The largest absolute Gasteiger partial charge is 0.328 e. The third-order valence-corrected chi connectivity index (χ3v) is 5.38. The minimum atomic E-state index is -0.887. The van der Waals surface area contributed by atoms with Crippen LogP contribution in [-0.4, -0.2) is 28.6 Å². The molecule has 1 amide bonds. The zero-order valence-electron chi connectivity index (χ0n) is 17.5. The van der Waals surface area contributed by atoms with Gasteiger partial charge >= 0.3 is 0 Å². The predicted octanol–water partition coefficient (Wildman–Crippen LogP) is 5.25. The highest BCUT2D eigenvalue weighted by molar-refractivity contribution is 6.03. The number of allylic oxidation sites excluding steroid dienone is 5. The Morgan fingerprint density at radius 1 is 1.31 bits per heavy atom. The number of halogens is 3.